The smallest absolute Gasteiger partial charge is 0.271 e. The van der Waals surface area contributed by atoms with Gasteiger partial charge in [-0.15, -0.1) is 11.0 Å². The SMILES string of the molecule is [CH-]=O.[Pt].[c-]1n(-c2ccccn2)c2ccccc2[n+]1-c1cccc2c1[n-]c1ccccc12. The predicted molar refractivity (Wildman–Crippen MR) is 117 cm³/mol. The summed E-state index contributed by atoms with van der Waals surface area (Å²) in [5.74, 6) is 0.838. The Morgan fingerprint density at radius 1 is 0.839 bits per heavy atom. The summed E-state index contributed by atoms with van der Waals surface area (Å²) < 4.78 is 4.08. The molecule has 6 aromatic rings. The Bertz CT molecular complexity index is 1490. The minimum absolute atomic E-state index is 0. The van der Waals surface area contributed by atoms with Gasteiger partial charge >= 0.3 is 0 Å². The maximum Gasteiger partial charge on any atom is 0.271 e. The van der Waals surface area contributed by atoms with Crippen molar-refractivity contribution in [2.45, 2.75) is 0 Å². The Kier molecular flexibility index (Phi) is 5.79. The molecule has 0 aliphatic carbocycles. The number of imidazole rings is 1. The van der Waals surface area contributed by atoms with E-state index in [2.05, 4.69) is 71.2 Å². The van der Waals surface area contributed by atoms with E-state index < -0.39 is 0 Å². The molecule has 6 rings (SSSR count). The summed E-state index contributed by atoms with van der Waals surface area (Å²) in [7, 11) is 0. The fourth-order valence-corrected chi connectivity index (χ4v) is 3.86. The maximum absolute atomic E-state index is 7.75. The minimum Gasteiger partial charge on any atom is -0.660 e. The molecule has 6 heteroatoms. The molecule has 0 aliphatic heterocycles. The Morgan fingerprint density at radius 3 is 2.42 bits per heavy atom. The van der Waals surface area contributed by atoms with E-state index in [1.807, 2.05) is 41.0 Å². The number of fused-ring (bicyclic) bond motifs is 4. The molecule has 0 radical (unpaired) electrons. The molecule has 5 nitrogen and oxygen atoms in total. The third-order valence-corrected chi connectivity index (χ3v) is 5.12. The third kappa shape index (κ3) is 3.37. The van der Waals surface area contributed by atoms with Crippen molar-refractivity contribution in [1.82, 2.24) is 14.5 Å². The second kappa shape index (κ2) is 8.66. The number of hydrogen-bond donors (Lipinski definition) is 0. The van der Waals surface area contributed by atoms with Crippen LogP contribution in [0.15, 0.2) is 91.1 Å². The van der Waals surface area contributed by atoms with Crippen LogP contribution in [0.3, 0.4) is 0 Å². The first-order valence-electron chi connectivity index (χ1n) is 9.44. The van der Waals surface area contributed by atoms with E-state index in [4.69, 9.17) is 9.78 Å². The monoisotopic (exact) mass is 583 g/mol. The zero-order valence-electron chi connectivity index (χ0n) is 16.3. The maximum atomic E-state index is 7.75. The summed E-state index contributed by atoms with van der Waals surface area (Å²) in [6.07, 6.45) is 5.29. The summed E-state index contributed by atoms with van der Waals surface area (Å²) in [5, 5.41) is 2.33. The molecule has 3 heterocycles. The number of pyridine rings is 1. The fourth-order valence-electron chi connectivity index (χ4n) is 3.86. The molecule has 0 amide bonds. The molecule has 154 valence electrons. The van der Waals surface area contributed by atoms with Gasteiger partial charge < -0.3 is 9.78 Å². The van der Waals surface area contributed by atoms with Crippen LogP contribution >= 0.6 is 0 Å². The molecule has 0 fully saturated rings. The molecule has 0 atom stereocenters. The topological polar surface area (TPSA) is 52.9 Å². The first-order valence-corrected chi connectivity index (χ1v) is 9.44. The van der Waals surface area contributed by atoms with Gasteiger partial charge in [0.1, 0.15) is 0 Å². The van der Waals surface area contributed by atoms with Gasteiger partial charge in [-0.2, -0.15) is 0 Å². The predicted octanol–water partition coefficient (Wildman–Crippen LogP) is 4.09. The van der Waals surface area contributed by atoms with Crippen molar-refractivity contribution >= 4 is 39.6 Å². The number of rotatable bonds is 2. The van der Waals surface area contributed by atoms with E-state index in [0.29, 0.717) is 0 Å². The van der Waals surface area contributed by atoms with Crippen molar-refractivity contribution in [3.05, 3.63) is 97.5 Å². The molecule has 0 aliphatic rings. The van der Waals surface area contributed by atoms with Gasteiger partial charge in [0.15, 0.2) is 5.82 Å². The first kappa shape index (κ1) is 20.7. The molecule has 0 bridgehead atoms. The Balaban J connectivity index is 0.000000750. The summed E-state index contributed by atoms with van der Waals surface area (Å²) in [5.41, 5.74) is 5.12. The van der Waals surface area contributed by atoms with Crippen LogP contribution in [0.5, 0.6) is 0 Å². The van der Waals surface area contributed by atoms with E-state index in [1.54, 1.807) is 6.20 Å². The van der Waals surface area contributed by atoms with E-state index >= 15 is 0 Å². The normalized spacial score (nSPS) is 10.6. The van der Waals surface area contributed by atoms with Gasteiger partial charge in [-0.3, -0.25) is 20.9 Å². The van der Waals surface area contributed by atoms with E-state index in [0.717, 1.165) is 39.0 Å². The van der Waals surface area contributed by atoms with Crippen molar-refractivity contribution in [3.63, 3.8) is 0 Å². The first-order chi connectivity index (χ1) is 14.9. The van der Waals surface area contributed by atoms with Crippen molar-refractivity contribution in [3.8, 4) is 11.5 Å². The Labute approximate surface area is 193 Å². The van der Waals surface area contributed by atoms with Crippen molar-refractivity contribution < 1.29 is 30.4 Å². The van der Waals surface area contributed by atoms with Crippen LogP contribution in [0, 0.1) is 6.33 Å². The van der Waals surface area contributed by atoms with Gasteiger partial charge in [0.25, 0.3) is 6.33 Å². The average molecular weight is 584 g/mol. The number of benzene rings is 3. The van der Waals surface area contributed by atoms with Gasteiger partial charge in [0.05, 0.1) is 16.7 Å². The summed E-state index contributed by atoms with van der Waals surface area (Å²) in [6, 6.07) is 28.8. The molecule has 0 saturated carbocycles. The molecular formula is C25H16N4OPt-2. The van der Waals surface area contributed by atoms with Crippen LogP contribution in [0.1, 0.15) is 0 Å². The zero-order chi connectivity index (χ0) is 20.5. The van der Waals surface area contributed by atoms with Crippen LogP contribution < -0.4 is 9.55 Å². The largest absolute Gasteiger partial charge is 0.660 e. The van der Waals surface area contributed by atoms with Crippen molar-refractivity contribution in [1.29, 1.82) is 0 Å². The Hall–Kier alpha value is -3.56. The molecule has 0 N–H and O–H groups in total. The number of nitrogens with zero attached hydrogens (tertiary/aromatic N) is 4. The number of para-hydroxylation sites is 4. The summed E-state index contributed by atoms with van der Waals surface area (Å²) in [6.45, 7) is 3.25. The quantitative estimate of drug-likeness (QED) is 0.175. The minimum atomic E-state index is 0. The van der Waals surface area contributed by atoms with E-state index in [1.165, 1.54) is 5.39 Å². The Morgan fingerprint density at radius 2 is 1.58 bits per heavy atom. The van der Waals surface area contributed by atoms with Crippen LogP contribution in [0.2, 0.25) is 0 Å². The van der Waals surface area contributed by atoms with E-state index in [-0.39, 0.29) is 21.1 Å². The van der Waals surface area contributed by atoms with Gasteiger partial charge in [0, 0.05) is 27.3 Å². The van der Waals surface area contributed by atoms with E-state index in [9.17, 15) is 0 Å². The standard InChI is InChI=1S/C24H15N4.CHO.Pt/c1-2-10-19-17(8-1)18-9-7-13-22(24(18)26-19)27-16-28(23-14-5-6-15-25-23)21-12-4-3-11-20(21)27;1-2;/h1-15H;1H;/q2*-1;. The number of hydrogen-bond acceptors (Lipinski definition) is 2. The van der Waals surface area contributed by atoms with Crippen molar-refractivity contribution in [2.24, 2.45) is 0 Å². The van der Waals surface area contributed by atoms with Crippen LogP contribution in [-0.4, -0.2) is 16.3 Å². The molecule has 0 saturated heterocycles. The number of carbonyl (C=O) groups excluding carboxylic acids is 1. The molecule has 0 spiro atoms. The van der Waals surface area contributed by atoms with Gasteiger partial charge in [-0.05, 0) is 22.9 Å². The average Bonchev–Trinajstić information content (AvgIpc) is 3.40. The van der Waals surface area contributed by atoms with Crippen LogP contribution in [-0.2, 0) is 25.9 Å². The third-order valence-electron chi connectivity index (χ3n) is 5.12. The van der Waals surface area contributed by atoms with Crippen LogP contribution in [0.25, 0.3) is 44.3 Å². The number of aromatic nitrogens is 4. The van der Waals surface area contributed by atoms with Crippen LogP contribution in [0.4, 0.5) is 0 Å². The molecule has 3 aromatic heterocycles. The molecular weight excluding hydrogens is 567 g/mol. The second-order valence-corrected chi connectivity index (χ2v) is 6.75. The summed E-state index contributed by atoms with van der Waals surface area (Å²) >= 11 is 0. The molecule has 0 unspecified atom stereocenters. The fraction of sp³-hybridized carbons (Fsp3) is 0. The second-order valence-electron chi connectivity index (χ2n) is 6.75. The van der Waals surface area contributed by atoms with Gasteiger partial charge in [-0.25, -0.2) is 0 Å². The summed E-state index contributed by atoms with van der Waals surface area (Å²) in [4.78, 5) is 17.2. The van der Waals surface area contributed by atoms with Crippen molar-refractivity contribution in [2.75, 3.05) is 0 Å². The van der Waals surface area contributed by atoms with Gasteiger partial charge in [-0.1, -0.05) is 72.8 Å². The molecule has 31 heavy (non-hydrogen) atoms. The zero-order valence-corrected chi connectivity index (χ0v) is 18.5. The molecule has 3 aromatic carbocycles. The van der Waals surface area contributed by atoms with Gasteiger partial charge in [0.2, 0.25) is 0 Å².